The number of rotatable bonds is 3. The van der Waals surface area contributed by atoms with Crippen molar-refractivity contribution in [1.29, 1.82) is 0 Å². The van der Waals surface area contributed by atoms with Gasteiger partial charge in [-0.25, -0.2) is 9.37 Å². The van der Waals surface area contributed by atoms with Crippen LogP contribution in [0.25, 0.3) is 10.2 Å². The third kappa shape index (κ3) is 2.32. The summed E-state index contributed by atoms with van der Waals surface area (Å²) in [6.07, 6.45) is 0. The Balaban J connectivity index is 1.96. The summed E-state index contributed by atoms with van der Waals surface area (Å²) in [7, 11) is 1.64. The van der Waals surface area contributed by atoms with Crippen LogP contribution in [0.15, 0.2) is 36.4 Å². The number of halogens is 1. The Labute approximate surface area is 120 Å². The van der Waals surface area contributed by atoms with Gasteiger partial charge in [0.2, 0.25) is 0 Å². The molecule has 1 aromatic heterocycles. The number of nitrogens with one attached hydrogen (secondary N) is 1. The molecule has 0 radical (unpaired) electrons. The summed E-state index contributed by atoms with van der Waals surface area (Å²) in [5.74, 6) is 0.576. The monoisotopic (exact) mass is 288 g/mol. The first-order chi connectivity index (χ1) is 9.67. The Morgan fingerprint density at radius 3 is 2.90 bits per heavy atom. The van der Waals surface area contributed by atoms with Gasteiger partial charge in [0.15, 0.2) is 5.13 Å². The van der Waals surface area contributed by atoms with Crippen molar-refractivity contribution in [3.63, 3.8) is 0 Å². The summed E-state index contributed by atoms with van der Waals surface area (Å²) in [5, 5.41) is 3.90. The molecule has 0 unspecified atom stereocenters. The predicted octanol–water partition coefficient (Wildman–Crippen LogP) is 4.50. The maximum absolute atomic E-state index is 13.5. The Morgan fingerprint density at radius 1 is 1.25 bits per heavy atom. The van der Waals surface area contributed by atoms with E-state index in [1.807, 2.05) is 24.3 Å². The fraction of sp³-hybridized carbons (Fsp3) is 0.133. The normalized spacial score (nSPS) is 10.8. The minimum absolute atomic E-state index is 0.224. The van der Waals surface area contributed by atoms with E-state index in [9.17, 15) is 4.39 Å². The van der Waals surface area contributed by atoms with Crippen LogP contribution in [0.2, 0.25) is 0 Å². The van der Waals surface area contributed by atoms with Crippen molar-refractivity contribution in [2.45, 2.75) is 6.92 Å². The van der Waals surface area contributed by atoms with Gasteiger partial charge < -0.3 is 10.1 Å². The number of ether oxygens (including phenoxy) is 1. The van der Waals surface area contributed by atoms with Gasteiger partial charge >= 0.3 is 0 Å². The van der Waals surface area contributed by atoms with Crippen LogP contribution in [0, 0.1) is 12.7 Å². The van der Waals surface area contributed by atoms with Crippen LogP contribution < -0.4 is 10.1 Å². The highest BCUT2D eigenvalue weighted by Crippen LogP contribution is 2.31. The SMILES string of the molecule is COc1ccc2nc(Nc3cccc(F)c3C)sc2c1. The predicted molar refractivity (Wildman–Crippen MR) is 80.6 cm³/mol. The molecule has 0 fully saturated rings. The molecule has 0 aliphatic carbocycles. The van der Waals surface area contributed by atoms with Crippen molar-refractivity contribution in [2.75, 3.05) is 12.4 Å². The van der Waals surface area contributed by atoms with Gasteiger partial charge in [0.25, 0.3) is 0 Å². The topological polar surface area (TPSA) is 34.1 Å². The zero-order valence-corrected chi connectivity index (χ0v) is 11.9. The summed E-state index contributed by atoms with van der Waals surface area (Å²) in [6.45, 7) is 1.74. The molecular weight excluding hydrogens is 275 g/mol. The highest BCUT2D eigenvalue weighted by atomic mass is 32.1. The van der Waals surface area contributed by atoms with Gasteiger partial charge in [0.1, 0.15) is 11.6 Å². The molecule has 0 saturated heterocycles. The van der Waals surface area contributed by atoms with Gasteiger partial charge in [-0.2, -0.15) is 0 Å². The van der Waals surface area contributed by atoms with Gasteiger partial charge in [-0.1, -0.05) is 17.4 Å². The molecule has 20 heavy (non-hydrogen) atoms. The van der Waals surface area contributed by atoms with Crippen molar-refractivity contribution in [3.8, 4) is 5.75 Å². The van der Waals surface area contributed by atoms with E-state index >= 15 is 0 Å². The second-order valence-corrected chi connectivity index (χ2v) is 5.42. The quantitative estimate of drug-likeness (QED) is 0.770. The third-order valence-electron chi connectivity index (χ3n) is 3.10. The average Bonchev–Trinajstić information content (AvgIpc) is 2.85. The van der Waals surface area contributed by atoms with E-state index < -0.39 is 0 Å². The summed E-state index contributed by atoms with van der Waals surface area (Å²) in [4.78, 5) is 4.48. The number of fused-ring (bicyclic) bond motifs is 1. The molecular formula is C15H13FN2OS. The highest BCUT2D eigenvalue weighted by Gasteiger charge is 2.08. The molecule has 2 aromatic carbocycles. The van der Waals surface area contributed by atoms with Crippen molar-refractivity contribution < 1.29 is 9.13 Å². The van der Waals surface area contributed by atoms with Gasteiger partial charge in [-0.15, -0.1) is 0 Å². The molecule has 3 rings (SSSR count). The number of benzene rings is 2. The summed E-state index contributed by atoms with van der Waals surface area (Å²) in [6, 6.07) is 10.7. The lowest BCUT2D eigenvalue weighted by Gasteiger charge is -2.06. The minimum atomic E-state index is -0.224. The van der Waals surface area contributed by atoms with Crippen LogP contribution in [-0.4, -0.2) is 12.1 Å². The lowest BCUT2D eigenvalue weighted by atomic mass is 10.2. The van der Waals surface area contributed by atoms with Crippen LogP contribution >= 0.6 is 11.3 Å². The summed E-state index contributed by atoms with van der Waals surface area (Å²) in [5.41, 5.74) is 2.22. The zero-order valence-electron chi connectivity index (χ0n) is 11.1. The number of anilines is 2. The molecule has 0 spiro atoms. The molecule has 5 heteroatoms. The Kier molecular flexibility index (Phi) is 3.28. The molecule has 0 bridgehead atoms. The maximum Gasteiger partial charge on any atom is 0.188 e. The Bertz CT molecular complexity index is 770. The Morgan fingerprint density at radius 2 is 2.10 bits per heavy atom. The lowest BCUT2D eigenvalue weighted by molar-refractivity contribution is 0.415. The van der Waals surface area contributed by atoms with E-state index in [2.05, 4.69) is 10.3 Å². The fourth-order valence-electron chi connectivity index (χ4n) is 1.94. The molecule has 0 atom stereocenters. The minimum Gasteiger partial charge on any atom is -0.497 e. The number of methoxy groups -OCH3 is 1. The maximum atomic E-state index is 13.5. The largest absolute Gasteiger partial charge is 0.497 e. The summed E-state index contributed by atoms with van der Waals surface area (Å²) >= 11 is 1.51. The van der Waals surface area contributed by atoms with E-state index in [-0.39, 0.29) is 5.82 Å². The van der Waals surface area contributed by atoms with Crippen LogP contribution in [0.4, 0.5) is 15.2 Å². The molecule has 0 saturated carbocycles. The standard InChI is InChI=1S/C15H13FN2OS/c1-9-11(16)4-3-5-12(9)17-15-18-13-7-6-10(19-2)8-14(13)20-15/h3-8H,1-2H3,(H,17,18). The molecule has 1 N–H and O–H groups in total. The zero-order chi connectivity index (χ0) is 14.1. The van der Waals surface area contributed by atoms with E-state index in [1.54, 1.807) is 20.1 Å². The van der Waals surface area contributed by atoms with Gasteiger partial charge in [-0.05, 0) is 37.3 Å². The molecule has 102 valence electrons. The van der Waals surface area contributed by atoms with E-state index in [1.165, 1.54) is 17.4 Å². The number of hydrogen-bond acceptors (Lipinski definition) is 4. The third-order valence-corrected chi connectivity index (χ3v) is 4.04. The molecule has 0 amide bonds. The van der Waals surface area contributed by atoms with Crippen LogP contribution in [0.3, 0.4) is 0 Å². The van der Waals surface area contributed by atoms with Crippen LogP contribution in [0.5, 0.6) is 5.75 Å². The number of aromatic nitrogens is 1. The second kappa shape index (κ2) is 5.09. The molecule has 3 nitrogen and oxygen atoms in total. The van der Waals surface area contributed by atoms with Crippen molar-refractivity contribution >= 4 is 32.4 Å². The number of hydrogen-bond donors (Lipinski definition) is 1. The van der Waals surface area contributed by atoms with Crippen molar-refractivity contribution in [2.24, 2.45) is 0 Å². The Hall–Kier alpha value is -2.14. The summed E-state index contributed by atoms with van der Waals surface area (Å²) < 4.78 is 19.7. The lowest BCUT2D eigenvalue weighted by Crippen LogP contribution is -1.94. The van der Waals surface area contributed by atoms with E-state index in [0.29, 0.717) is 5.56 Å². The first-order valence-corrected chi connectivity index (χ1v) is 6.96. The second-order valence-electron chi connectivity index (χ2n) is 4.39. The first-order valence-electron chi connectivity index (χ1n) is 6.14. The van der Waals surface area contributed by atoms with Crippen molar-refractivity contribution in [3.05, 3.63) is 47.8 Å². The molecule has 0 aliphatic heterocycles. The average molecular weight is 288 g/mol. The number of thiazole rings is 1. The van der Waals surface area contributed by atoms with E-state index in [4.69, 9.17) is 4.74 Å². The highest BCUT2D eigenvalue weighted by molar-refractivity contribution is 7.22. The molecule has 3 aromatic rings. The van der Waals surface area contributed by atoms with E-state index in [0.717, 1.165) is 26.8 Å². The first kappa shape index (κ1) is 12.9. The van der Waals surface area contributed by atoms with Gasteiger partial charge in [0.05, 0.1) is 17.3 Å². The van der Waals surface area contributed by atoms with Gasteiger partial charge in [-0.3, -0.25) is 0 Å². The van der Waals surface area contributed by atoms with Crippen molar-refractivity contribution in [1.82, 2.24) is 4.98 Å². The van der Waals surface area contributed by atoms with Crippen LogP contribution in [-0.2, 0) is 0 Å². The van der Waals surface area contributed by atoms with Crippen LogP contribution in [0.1, 0.15) is 5.56 Å². The molecule has 1 heterocycles. The van der Waals surface area contributed by atoms with Gasteiger partial charge in [0, 0.05) is 11.3 Å². The molecule has 0 aliphatic rings. The smallest absolute Gasteiger partial charge is 0.188 e. The fourth-order valence-corrected chi connectivity index (χ4v) is 2.85. The number of nitrogens with zero attached hydrogens (tertiary/aromatic N) is 1.